The molecule has 1 aliphatic carbocycles. The molecule has 2 atom stereocenters. The van der Waals surface area contributed by atoms with Crippen molar-refractivity contribution < 1.29 is 19.1 Å². The molecule has 0 aromatic heterocycles. The van der Waals surface area contributed by atoms with Crippen molar-refractivity contribution in [1.29, 1.82) is 0 Å². The minimum absolute atomic E-state index is 0.119. The van der Waals surface area contributed by atoms with Gasteiger partial charge in [-0.25, -0.2) is 4.39 Å². The molecule has 1 saturated carbocycles. The van der Waals surface area contributed by atoms with Gasteiger partial charge in [-0.05, 0) is 37.5 Å². The van der Waals surface area contributed by atoms with E-state index in [1.165, 1.54) is 12.1 Å². The van der Waals surface area contributed by atoms with E-state index in [1.54, 1.807) is 0 Å². The normalized spacial score (nSPS) is 22.2. The fraction of sp³-hybridized carbons (Fsp3) is 0.385. The largest absolute Gasteiger partial charge is 0.481 e. The zero-order chi connectivity index (χ0) is 14.0. The van der Waals surface area contributed by atoms with Crippen LogP contribution in [0.1, 0.15) is 29.6 Å². The molecule has 102 valence electrons. The number of halogens is 2. The summed E-state index contributed by atoms with van der Waals surface area (Å²) in [6.45, 7) is 0. The second-order valence-electron chi connectivity index (χ2n) is 4.64. The van der Waals surface area contributed by atoms with Gasteiger partial charge in [-0.3, -0.25) is 9.59 Å². The highest BCUT2D eigenvalue weighted by Crippen LogP contribution is 2.26. The minimum atomic E-state index is -0.856. The fourth-order valence-corrected chi connectivity index (χ4v) is 2.44. The van der Waals surface area contributed by atoms with Crippen LogP contribution in [0.15, 0.2) is 18.2 Å². The van der Waals surface area contributed by atoms with Gasteiger partial charge in [0, 0.05) is 11.1 Å². The molecular weight excluding hydrogens is 273 g/mol. The molecule has 0 radical (unpaired) electrons. The number of rotatable bonds is 3. The van der Waals surface area contributed by atoms with Crippen LogP contribution in [0.5, 0.6) is 0 Å². The number of amides is 1. The number of carboxylic acids is 1. The summed E-state index contributed by atoms with van der Waals surface area (Å²) in [7, 11) is 0. The van der Waals surface area contributed by atoms with E-state index in [-0.39, 0.29) is 16.6 Å². The van der Waals surface area contributed by atoms with Crippen LogP contribution < -0.4 is 5.32 Å². The van der Waals surface area contributed by atoms with Gasteiger partial charge in [-0.2, -0.15) is 0 Å². The van der Waals surface area contributed by atoms with E-state index in [4.69, 9.17) is 16.7 Å². The third-order valence-electron chi connectivity index (χ3n) is 3.29. The molecule has 4 nitrogen and oxygen atoms in total. The highest BCUT2D eigenvalue weighted by Gasteiger charge is 2.31. The molecule has 1 aliphatic rings. The summed E-state index contributed by atoms with van der Waals surface area (Å²) in [4.78, 5) is 22.7. The number of hydrogen-bond donors (Lipinski definition) is 2. The van der Waals surface area contributed by atoms with Gasteiger partial charge in [0.15, 0.2) is 0 Å². The highest BCUT2D eigenvalue weighted by molar-refractivity contribution is 6.31. The van der Waals surface area contributed by atoms with E-state index in [2.05, 4.69) is 5.32 Å². The van der Waals surface area contributed by atoms with Gasteiger partial charge in [-0.15, -0.1) is 0 Å². The number of benzene rings is 1. The Morgan fingerprint density at radius 3 is 2.74 bits per heavy atom. The standard InChI is InChI=1S/C13H13ClFNO3/c14-8-2-4-11(15)10(6-8)12(17)16-9-3-1-7(5-9)13(18)19/h2,4,6-7,9H,1,3,5H2,(H,16,17)(H,18,19). The summed E-state index contributed by atoms with van der Waals surface area (Å²) in [6, 6.07) is 3.53. The topological polar surface area (TPSA) is 66.4 Å². The number of carbonyl (C=O) groups excluding carboxylic acids is 1. The van der Waals surface area contributed by atoms with E-state index in [1.807, 2.05) is 0 Å². The summed E-state index contributed by atoms with van der Waals surface area (Å²) >= 11 is 5.72. The van der Waals surface area contributed by atoms with Crippen LogP contribution in [0.4, 0.5) is 4.39 Å². The molecule has 1 aromatic rings. The lowest BCUT2D eigenvalue weighted by Gasteiger charge is -2.13. The molecule has 1 fully saturated rings. The van der Waals surface area contributed by atoms with Crippen LogP contribution in [-0.2, 0) is 4.79 Å². The van der Waals surface area contributed by atoms with Gasteiger partial charge in [0.1, 0.15) is 5.82 Å². The Hall–Kier alpha value is -1.62. The van der Waals surface area contributed by atoms with Crippen molar-refractivity contribution in [2.75, 3.05) is 0 Å². The van der Waals surface area contributed by atoms with E-state index >= 15 is 0 Å². The van der Waals surface area contributed by atoms with Crippen molar-refractivity contribution in [2.45, 2.75) is 25.3 Å². The van der Waals surface area contributed by atoms with Gasteiger partial charge >= 0.3 is 5.97 Å². The second kappa shape index (κ2) is 5.57. The molecule has 0 saturated heterocycles. The molecule has 0 heterocycles. The first-order valence-electron chi connectivity index (χ1n) is 5.96. The first-order valence-corrected chi connectivity index (χ1v) is 6.34. The zero-order valence-corrected chi connectivity index (χ0v) is 10.8. The maximum atomic E-state index is 13.5. The van der Waals surface area contributed by atoms with E-state index in [9.17, 15) is 14.0 Å². The molecule has 2 unspecified atom stereocenters. The summed E-state index contributed by atoms with van der Waals surface area (Å²) in [5.41, 5.74) is -0.119. The third-order valence-corrected chi connectivity index (χ3v) is 3.53. The Bertz CT molecular complexity index is 521. The van der Waals surface area contributed by atoms with Gasteiger partial charge in [-0.1, -0.05) is 11.6 Å². The van der Waals surface area contributed by atoms with Crippen LogP contribution in [-0.4, -0.2) is 23.0 Å². The molecule has 1 aromatic carbocycles. The number of carboxylic acid groups (broad SMARTS) is 1. The van der Waals surface area contributed by atoms with Crippen molar-refractivity contribution in [3.63, 3.8) is 0 Å². The van der Waals surface area contributed by atoms with Gasteiger partial charge in [0.2, 0.25) is 0 Å². The molecule has 6 heteroatoms. The van der Waals surface area contributed by atoms with Crippen molar-refractivity contribution in [2.24, 2.45) is 5.92 Å². The highest BCUT2D eigenvalue weighted by atomic mass is 35.5. The Balaban J connectivity index is 2.02. The molecule has 19 heavy (non-hydrogen) atoms. The van der Waals surface area contributed by atoms with Crippen LogP contribution in [0.3, 0.4) is 0 Å². The quantitative estimate of drug-likeness (QED) is 0.896. The molecule has 2 rings (SSSR count). The van der Waals surface area contributed by atoms with Crippen LogP contribution in [0.25, 0.3) is 0 Å². The first-order chi connectivity index (χ1) is 8.97. The van der Waals surface area contributed by atoms with Crippen molar-refractivity contribution >= 4 is 23.5 Å². The van der Waals surface area contributed by atoms with Gasteiger partial charge in [0.25, 0.3) is 5.91 Å². The molecule has 2 N–H and O–H groups in total. The lowest BCUT2D eigenvalue weighted by molar-refractivity contribution is -0.141. The Morgan fingerprint density at radius 1 is 1.37 bits per heavy atom. The number of nitrogens with one attached hydrogen (secondary N) is 1. The summed E-state index contributed by atoms with van der Waals surface area (Å²) < 4.78 is 13.5. The molecule has 0 bridgehead atoms. The Labute approximate surface area is 114 Å². The van der Waals surface area contributed by atoms with Crippen molar-refractivity contribution in [1.82, 2.24) is 5.32 Å². The van der Waals surface area contributed by atoms with Crippen molar-refractivity contribution in [3.05, 3.63) is 34.6 Å². The average Bonchev–Trinajstić information content (AvgIpc) is 2.80. The average molecular weight is 286 g/mol. The maximum Gasteiger partial charge on any atom is 0.306 e. The van der Waals surface area contributed by atoms with E-state index in [0.717, 1.165) is 6.07 Å². The van der Waals surface area contributed by atoms with Crippen LogP contribution in [0.2, 0.25) is 5.02 Å². The maximum absolute atomic E-state index is 13.5. The summed E-state index contributed by atoms with van der Waals surface area (Å²) in [5.74, 6) is -2.49. The smallest absolute Gasteiger partial charge is 0.306 e. The Morgan fingerprint density at radius 2 is 2.11 bits per heavy atom. The summed E-state index contributed by atoms with van der Waals surface area (Å²) in [6.07, 6.45) is 1.49. The van der Waals surface area contributed by atoms with Crippen LogP contribution in [0, 0.1) is 11.7 Å². The van der Waals surface area contributed by atoms with Crippen molar-refractivity contribution in [3.8, 4) is 0 Å². The third kappa shape index (κ3) is 3.23. The van der Waals surface area contributed by atoms with Crippen LogP contribution >= 0.6 is 11.6 Å². The molecule has 1 amide bonds. The van der Waals surface area contributed by atoms with Gasteiger partial charge < -0.3 is 10.4 Å². The number of carbonyl (C=O) groups is 2. The van der Waals surface area contributed by atoms with E-state index < -0.39 is 23.6 Å². The SMILES string of the molecule is O=C(NC1CCC(C(=O)O)C1)c1cc(Cl)ccc1F. The lowest BCUT2D eigenvalue weighted by atomic mass is 10.1. The zero-order valence-electron chi connectivity index (χ0n) is 10.0. The van der Waals surface area contributed by atoms with Gasteiger partial charge in [0.05, 0.1) is 11.5 Å². The number of hydrogen-bond acceptors (Lipinski definition) is 2. The first kappa shape index (κ1) is 13.8. The Kier molecular flexibility index (Phi) is 4.04. The van der Waals surface area contributed by atoms with E-state index in [0.29, 0.717) is 19.3 Å². The fourth-order valence-electron chi connectivity index (χ4n) is 2.27. The monoisotopic (exact) mass is 285 g/mol. The molecule has 0 aliphatic heterocycles. The predicted molar refractivity (Wildman–Crippen MR) is 67.6 cm³/mol. The lowest BCUT2D eigenvalue weighted by Crippen LogP contribution is -2.33. The summed E-state index contributed by atoms with van der Waals surface area (Å²) in [5, 5.41) is 11.8. The number of aliphatic carboxylic acids is 1. The minimum Gasteiger partial charge on any atom is -0.481 e. The molecular formula is C13H13ClFNO3. The second-order valence-corrected chi connectivity index (χ2v) is 5.08. The predicted octanol–water partition coefficient (Wildman–Crippen LogP) is 2.46. The molecule has 0 spiro atoms.